The molecule has 0 spiro atoms. The Morgan fingerprint density at radius 3 is 1.23 bits per heavy atom. The van der Waals surface area contributed by atoms with Gasteiger partial charge in [-0.3, -0.25) is 0 Å². The molecule has 9 aromatic rings. The number of nitrogens with two attached hydrogens (primary N) is 4. The molecule has 0 aliphatic rings. The number of nitrogens with zero attached hydrogens (tertiary/aromatic N) is 10. The Morgan fingerprint density at radius 1 is 0.556 bits per heavy atom. The van der Waals surface area contributed by atoms with Gasteiger partial charge in [-0.1, -0.05) is 15.6 Å². The highest BCUT2D eigenvalue weighted by atomic mass is 35.5. The van der Waals surface area contributed by atoms with Gasteiger partial charge in [0.05, 0.1) is 48.3 Å². The van der Waals surface area contributed by atoms with Crippen LogP contribution in [0.2, 0.25) is 5.15 Å². The molecule has 33 heteroatoms. The third kappa shape index (κ3) is 24.4. The minimum atomic E-state index is -4.00. The summed E-state index contributed by atoms with van der Waals surface area (Å²) < 4.78 is 79.6. The summed E-state index contributed by atoms with van der Waals surface area (Å²) in [5.74, 6) is 1.97. The van der Waals surface area contributed by atoms with E-state index in [0.29, 0.717) is 23.5 Å². The Labute approximate surface area is 537 Å². The van der Waals surface area contributed by atoms with Crippen molar-refractivity contribution in [2.75, 3.05) is 67.9 Å². The lowest BCUT2D eigenvalue weighted by Crippen LogP contribution is -3.00. The molecule has 90 heavy (non-hydrogen) atoms. The van der Waals surface area contributed by atoms with E-state index in [4.69, 9.17) is 27.2 Å². The highest BCUT2D eigenvalue weighted by Crippen LogP contribution is 2.26. The number of aryl methyl sites for hydroxylation is 8. The molecule has 488 valence electrons. The number of nitrogens with one attached hydrogen (secondary N) is 6. The average molecular weight is 1340 g/mol. The van der Waals surface area contributed by atoms with E-state index in [2.05, 4.69) is 117 Å². The number of amides is 1. The predicted octanol–water partition coefficient (Wildman–Crippen LogP) is 2.57. The average Bonchev–Trinajstić information content (AvgIpc) is 1.36. The number of anilines is 4. The van der Waals surface area contributed by atoms with Gasteiger partial charge in [0.2, 0.25) is 10.0 Å². The minimum Gasteiger partial charge on any atom is -1.00 e. The van der Waals surface area contributed by atoms with Crippen molar-refractivity contribution >= 4 is 115 Å². The van der Waals surface area contributed by atoms with E-state index in [1.165, 1.54) is 53.6 Å². The van der Waals surface area contributed by atoms with Gasteiger partial charge in [-0.15, -0.1) is 8.42 Å². The zero-order chi connectivity index (χ0) is 66.6. The van der Waals surface area contributed by atoms with Gasteiger partial charge in [0.15, 0.2) is 12.4 Å². The molecule has 9 rings (SSSR count). The molecule has 0 aliphatic heterocycles. The summed E-state index contributed by atoms with van der Waals surface area (Å²) in [7, 11) is -7.26. The van der Waals surface area contributed by atoms with Crippen LogP contribution < -0.4 is 73.7 Å². The van der Waals surface area contributed by atoms with E-state index in [1.807, 2.05) is 87.8 Å². The van der Waals surface area contributed by atoms with E-state index in [1.54, 1.807) is 39.2 Å². The van der Waals surface area contributed by atoms with Gasteiger partial charge in [-0.25, -0.2) is 58.2 Å². The quantitative estimate of drug-likeness (QED) is 0.0450. The van der Waals surface area contributed by atoms with Crippen LogP contribution in [0.4, 0.5) is 27.9 Å². The Kier molecular flexibility index (Phi) is 29.1. The summed E-state index contributed by atoms with van der Waals surface area (Å²) in [6.45, 7) is 21.9. The Bertz CT molecular complexity index is 4120. The molecular weight excluding hydrogens is 1260 g/mol. The van der Waals surface area contributed by atoms with E-state index in [-0.39, 0.29) is 32.4 Å². The van der Waals surface area contributed by atoms with Crippen molar-refractivity contribution in [3.8, 4) is 0 Å². The fourth-order valence-electron chi connectivity index (χ4n) is 7.54. The summed E-state index contributed by atoms with van der Waals surface area (Å²) in [6, 6.07) is 19.3. The number of ether oxygens (including phenoxy) is 1. The van der Waals surface area contributed by atoms with Crippen LogP contribution in [0, 0.1) is 55.4 Å². The molecule has 4 aromatic carbocycles. The van der Waals surface area contributed by atoms with Crippen LogP contribution >= 0.6 is 11.6 Å². The number of aromatic nitrogens is 9. The summed E-state index contributed by atoms with van der Waals surface area (Å²) in [5, 5.41) is 17.9. The van der Waals surface area contributed by atoms with Crippen molar-refractivity contribution in [3.63, 3.8) is 0 Å². The topological polar surface area (TPSA) is 415 Å². The first-order valence-corrected chi connectivity index (χ1v) is 32.3. The SMILES string of the molecule is CN(C)c1cc[n+](S(=O)(=O)NC(=O)OC(C)(C)C)cc1.Cc1cc2ncnc(Cl)c2cc1C.Cc1cc2ncnc(NCN)c2cc1C.Cc1cc2ncnc(NCNS(C)(=O)=O)c2cc1C.Cc1cc2ncnc(NCNS(N)(=O)=O)c2cc1C.NCN.[Cl-]. The molecule has 0 saturated heterocycles. The van der Waals surface area contributed by atoms with Gasteiger partial charge in [0.1, 0.15) is 53.5 Å². The molecule has 5 heterocycles. The van der Waals surface area contributed by atoms with E-state index in [0.717, 1.165) is 87.6 Å². The van der Waals surface area contributed by atoms with Crippen molar-refractivity contribution in [2.24, 2.45) is 22.3 Å². The zero-order valence-electron chi connectivity index (χ0n) is 52.6. The van der Waals surface area contributed by atoms with Crippen molar-refractivity contribution in [2.45, 2.75) is 81.8 Å². The number of fused-ring (bicyclic) bond motifs is 4. The molecule has 0 fully saturated rings. The lowest BCUT2D eigenvalue weighted by molar-refractivity contribution is -0.512. The first-order chi connectivity index (χ1) is 41.6. The molecule has 0 atom stereocenters. The number of sulfonamides is 1. The van der Waals surface area contributed by atoms with Gasteiger partial charge in [-0.2, -0.15) is 22.6 Å². The van der Waals surface area contributed by atoms with Crippen molar-refractivity contribution in [1.82, 2.24) is 54.0 Å². The second-order valence-corrected chi connectivity index (χ2v) is 26.1. The Balaban J connectivity index is 0.000000291. The van der Waals surface area contributed by atoms with Gasteiger partial charge >= 0.3 is 16.3 Å². The number of hydrogen-bond donors (Lipinski definition) is 10. The van der Waals surface area contributed by atoms with Crippen molar-refractivity contribution < 1.29 is 51.2 Å². The van der Waals surface area contributed by atoms with Crippen LogP contribution in [0.3, 0.4) is 0 Å². The number of hydrogen-bond acceptors (Lipinski definition) is 23. The summed E-state index contributed by atoms with van der Waals surface area (Å²) >= 11 is 5.93. The second-order valence-electron chi connectivity index (χ2n) is 21.0. The molecule has 14 N–H and O–H groups in total. The highest BCUT2D eigenvalue weighted by Gasteiger charge is 2.28. The Hall–Kier alpha value is -7.95. The lowest BCUT2D eigenvalue weighted by atomic mass is 10.1. The van der Waals surface area contributed by atoms with Gasteiger partial charge in [-0.05, 0) is 169 Å². The number of carbonyl (C=O) groups excluding carboxylic acids is 1. The molecule has 0 radical (unpaired) electrons. The third-order valence-corrected chi connectivity index (χ3v) is 15.3. The first kappa shape index (κ1) is 76.3. The number of carbonyl (C=O) groups is 1. The number of rotatable bonds is 13. The first-order valence-electron chi connectivity index (χ1n) is 27.1. The summed E-state index contributed by atoms with van der Waals surface area (Å²) in [4.78, 5) is 46.4. The normalized spacial score (nSPS) is 11.1. The van der Waals surface area contributed by atoms with E-state index >= 15 is 0 Å². The summed E-state index contributed by atoms with van der Waals surface area (Å²) in [6.07, 6.45) is 8.72. The van der Waals surface area contributed by atoms with Gasteiger partial charge in [0.25, 0.3) is 10.2 Å². The predicted molar refractivity (Wildman–Crippen MR) is 353 cm³/mol. The van der Waals surface area contributed by atoms with Crippen LogP contribution in [-0.2, 0) is 35.2 Å². The third-order valence-electron chi connectivity index (χ3n) is 12.5. The van der Waals surface area contributed by atoms with Gasteiger partial charge < -0.3 is 55.2 Å². The van der Waals surface area contributed by atoms with Crippen molar-refractivity contribution in [1.29, 1.82) is 0 Å². The van der Waals surface area contributed by atoms with E-state index in [9.17, 15) is 30.0 Å². The molecular formula is C57H80Cl2N20O8S3. The highest BCUT2D eigenvalue weighted by molar-refractivity contribution is 7.88. The standard InChI is InChI=1S/C12H16N4O2S.C12H19N3O4S.C11H15N5O2S.C11H14N4.C10H9ClN2.CH6N2.ClH/c1-8-4-10-11(5-9(8)2)13-6-14-12(10)15-7-16-19(3,17)18;1-12(2,3)19-11(16)13-20(17,18)15-8-6-10(7-9-15)14(4)5;1-7-3-9-10(4-8(7)2)13-5-14-11(9)15-6-16-19(12,17)18;1-7-3-9-10(4-8(7)2)14-6-15-11(9)13-5-12;1-6-3-8-9(4-7(6)2)12-5-13-10(8)11;2-1-3;/h4-6,16H,7H2,1-3H3,(H,13,14,15);6-9H,1-5H3;3-5,16H,6H2,1-2H3,(H2,12,17,18)(H,13,14,15);3-4,6H,5,12H2,1-2H3,(H,13,14,15);3-5H,1-2H3;1-3H2;1H. The molecule has 1 amide bonds. The smallest absolute Gasteiger partial charge is 0.474 e. The maximum absolute atomic E-state index is 11.9. The minimum absolute atomic E-state index is 0. The van der Waals surface area contributed by atoms with Crippen LogP contribution in [0.1, 0.15) is 65.3 Å². The maximum atomic E-state index is 11.9. The van der Waals surface area contributed by atoms with Crippen LogP contribution in [0.25, 0.3) is 43.6 Å². The van der Waals surface area contributed by atoms with E-state index < -0.39 is 42.1 Å². The van der Waals surface area contributed by atoms with Crippen LogP contribution in [-0.4, -0.2) is 124 Å². The maximum Gasteiger partial charge on any atom is 0.474 e. The molecule has 0 aliphatic carbocycles. The molecule has 0 bridgehead atoms. The van der Waals surface area contributed by atoms with Crippen LogP contribution in [0.5, 0.6) is 0 Å². The monoisotopic (exact) mass is 1340 g/mol. The zero-order valence-corrected chi connectivity index (χ0v) is 56.6. The molecule has 28 nitrogen and oxygen atoms in total. The van der Waals surface area contributed by atoms with Crippen LogP contribution in [0.15, 0.2) is 98.4 Å². The fourth-order valence-corrected chi connectivity index (χ4v) is 9.15. The largest absolute Gasteiger partial charge is 1.00 e. The molecule has 0 unspecified atom stereocenters. The number of halogens is 2. The number of pyridine rings is 1. The summed E-state index contributed by atoms with van der Waals surface area (Å²) in [5.41, 5.74) is 27.7. The second kappa shape index (κ2) is 34.3. The Morgan fingerprint density at radius 2 is 0.889 bits per heavy atom. The lowest BCUT2D eigenvalue weighted by Gasteiger charge is -2.18. The van der Waals surface area contributed by atoms with Gasteiger partial charge in [0, 0.05) is 60.1 Å². The molecule has 0 saturated carbocycles. The molecule has 5 aromatic heterocycles. The number of benzene rings is 4. The fraction of sp³-hybridized carbons (Fsp3) is 0.333. The van der Waals surface area contributed by atoms with Crippen molar-refractivity contribution in [3.05, 3.63) is 148 Å².